The van der Waals surface area contributed by atoms with Crippen molar-refractivity contribution in [2.75, 3.05) is 13.2 Å². The Morgan fingerprint density at radius 3 is 2.85 bits per heavy atom. The van der Waals surface area contributed by atoms with E-state index in [4.69, 9.17) is 21.1 Å². The van der Waals surface area contributed by atoms with Crippen LogP contribution in [0.25, 0.3) is 0 Å². The number of hydrogen-bond acceptors (Lipinski definition) is 4. The van der Waals surface area contributed by atoms with E-state index in [2.05, 4.69) is 18.3 Å². The number of thiophene rings is 1. The second-order valence-corrected chi connectivity index (χ2v) is 6.52. The molecule has 2 unspecified atom stereocenters. The maximum atomic E-state index is 5.96. The zero-order chi connectivity index (χ0) is 13.9. The smallest absolute Gasteiger partial charge is 0.161 e. The summed E-state index contributed by atoms with van der Waals surface area (Å²) >= 11 is 7.56. The molecule has 5 heteroatoms. The highest BCUT2D eigenvalue weighted by molar-refractivity contribution is 7.16. The van der Waals surface area contributed by atoms with Crippen LogP contribution in [-0.4, -0.2) is 19.3 Å². The van der Waals surface area contributed by atoms with E-state index in [1.165, 1.54) is 4.88 Å². The Kier molecular flexibility index (Phi) is 4.15. The number of para-hydroxylation sites is 2. The van der Waals surface area contributed by atoms with E-state index in [0.717, 1.165) is 22.4 Å². The van der Waals surface area contributed by atoms with Crippen molar-refractivity contribution in [2.24, 2.45) is 0 Å². The third-order valence-corrected chi connectivity index (χ3v) is 4.65. The molecule has 0 saturated carbocycles. The Morgan fingerprint density at radius 1 is 1.30 bits per heavy atom. The molecule has 2 aromatic rings. The lowest BCUT2D eigenvalue weighted by Crippen LogP contribution is -2.39. The van der Waals surface area contributed by atoms with Gasteiger partial charge in [0.1, 0.15) is 12.7 Å². The number of nitrogens with one attached hydrogen (secondary N) is 1. The van der Waals surface area contributed by atoms with Gasteiger partial charge in [0.2, 0.25) is 0 Å². The van der Waals surface area contributed by atoms with Crippen LogP contribution in [0, 0.1) is 0 Å². The summed E-state index contributed by atoms with van der Waals surface area (Å²) in [6.45, 7) is 3.44. The lowest BCUT2D eigenvalue weighted by molar-refractivity contribution is 0.0887. The topological polar surface area (TPSA) is 30.5 Å². The molecule has 0 saturated heterocycles. The van der Waals surface area contributed by atoms with Gasteiger partial charge in [-0.1, -0.05) is 23.7 Å². The van der Waals surface area contributed by atoms with Crippen LogP contribution in [0.2, 0.25) is 4.34 Å². The van der Waals surface area contributed by atoms with Crippen LogP contribution >= 0.6 is 22.9 Å². The molecule has 106 valence electrons. The zero-order valence-electron chi connectivity index (χ0n) is 11.1. The quantitative estimate of drug-likeness (QED) is 0.929. The molecule has 0 bridgehead atoms. The molecule has 20 heavy (non-hydrogen) atoms. The van der Waals surface area contributed by atoms with Crippen molar-refractivity contribution in [3.05, 3.63) is 45.6 Å². The van der Waals surface area contributed by atoms with Crippen molar-refractivity contribution >= 4 is 22.9 Å². The molecule has 0 amide bonds. The van der Waals surface area contributed by atoms with Gasteiger partial charge in [0, 0.05) is 17.5 Å². The van der Waals surface area contributed by atoms with E-state index in [1.807, 2.05) is 30.3 Å². The maximum absolute atomic E-state index is 5.96. The first-order valence-corrected chi connectivity index (χ1v) is 7.79. The van der Waals surface area contributed by atoms with Crippen LogP contribution in [0.15, 0.2) is 36.4 Å². The average Bonchev–Trinajstić information content (AvgIpc) is 2.91. The minimum absolute atomic E-state index is 0.0304. The SMILES string of the molecule is CC(NCC1COc2ccccc2O1)c1ccc(Cl)s1. The van der Waals surface area contributed by atoms with Crippen LogP contribution in [0.3, 0.4) is 0 Å². The summed E-state index contributed by atoms with van der Waals surface area (Å²) in [5.74, 6) is 1.64. The van der Waals surface area contributed by atoms with Crippen LogP contribution in [0.1, 0.15) is 17.8 Å². The van der Waals surface area contributed by atoms with E-state index in [0.29, 0.717) is 6.61 Å². The van der Waals surface area contributed by atoms with Crippen LogP contribution in [0.4, 0.5) is 0 Å². The molecule has 1 aliphatic heterocycles. The molecule has 0 radical (unpaired) electrons. The molecule has 1 aromatic carbocycles. The van der Waals surface area contributed by atoms with Gasteiger partial charge in [-0.2, -0.15) is 0 Å². The minimum atomic E-state index is 0.0304. The summed E-state index contributed by atoms with van der Waals surface area (Å²) in [6, 6.07) is 12.0. The highest BCUT2D eigenvalue weighted by Crippen LogP contribution is 2.31. The van der Waals surface area contributed by atoms with Crippen molar-refractivity contribution in [1.82, 2.24) is 5.32 Å². The fourth-order valence-electron chi connectivity index (χ4n) is 2.13. The summed E-state index contributed by atoms with van der Waals surface area (Å²) < 4.78 is 12.4. The largest absolute Gasteiger partial charge is 0.486 e. The Balaban J connectivity index is 1.55. The van der Waals surface area contributed by atoms with Crippen LogP contribution in [0.5, 0.6) is 11.5 Å². The number of rotatable bonds is 4. The fourth-order valence-corrected chi connectivity index (χ4v) is 3.22. The minimum Gasteiger partial charge on any atom is -0.486 e. The lowest BCUT2D eigenvalue weighted by atomic mass is 10.2. The van der Waals surface area contributed by atoms with Gasteiger partial charge >= 0.3 is 0 Å². The van der Waals surface area contributed by atoms with Gasteiger partial charge < -0.3 is 14.8 Å². The van der Waals surface area contributed by atoms with Gasteiger partial charge in [0.25, 0.3) is 0 Å². The monoisotopic (exact) mass is 309 g/mol. The van der Waals surface area contributed by atoms with Crippen molar-refractivity contribution < 1.29 is 9.47 Å². The zero-order valence-corrected chi connectivity index (χ0v) is 12.7. The van der Waals surface area contributed by atoms with Gasteiger partial charge in [0.05, 0.1) is 4.34 Å². The number of ether oxygens (including phenoxy) is 2. The molecule has 0 spiro atoms. The average molecular weight is 310 g/mol. The normalized spacial score (nSPS) is 18.8. The van der Waals surface area contributed by atoms with E-state index in [1.54, 1.807) is 11.3 Å². The van der Waals surface area contributed by atoms with Crippen molar-refractivity contribution in [3.63, 3.8) is 0 Å². The van der Waals surface area contributed by atoms with Crippen molar-refractivity contribution in [1.29, 1.82) is 0 Å². The molecule has 2 heterocycles. The number of fused-ring (bicyclic) bond motifs is 1. The fraction of sp³-hybridized carbons (Fsp3) is 0.333. The van der Waals surface area contributed by atoms with Crippen LogP contribution < -0.4 is 14.8 Å². The highest BCUT2D eigenvalue weighted by atomic mass is 35.5. The molecule has 0 aliphatic carbocycles. The van der Waals surface area contributed by atoms with E-state index in [9.17, 15) is 0 Å². The third kappa shape index (κ3) is 3.08. The summed E-state index contributed by atoms with van der Waals surface area (Å²) in [7, 11) is 0. The van der Waals surface area contributed by atoms with Gasteiger partial charge in [-0.05, 0) is 31.2 Å². The van der Waals surface area contributed by atoms with Gasteiger partial charge in [-0.15, -0.1) is 11.3 Å². The van der Waals surface area contributed by atoms with Gasteiger partial charge in [-0.25, -0.2) is 0 Å². The number of hydrogen-bond donors (Lipinski definition) is 1. The molecule has 2 atom stereocenters. The Hall–Kier alpha value is -1.23. The van der Waals surface area contributed by atoms with Crippen molar-refractivity contribution in [3.8, 4) is 11.5 Å². The lowest BCUT2D eigenvalue weighted by Gasteiger charge is -2.27. The molecule has 1 aliphatic rings. The number of halogens is 1. The standard InChI is InChI=1S/C15H16ClNO2S/c1-10(14-6-7-15(16)20-14)17-8-11-9-18-12-4-2-3-5-13(12)19-11/h2-7,10-11,17H,8-9H2,1H3. The van der Waals surface area contributed by atoms with E-state index < -0.39 is 0 Å². The second-order valence-electron chi connectivity index (χ2n) is 4.77. The molecular weight excluding hydrogens is 294 g/mol. The first-order chi connectivity index (χ1) is 9.72. The van der Waals surface area contributed by atoms with Crippen LogP contribution in [-0.2, 0) is 0 Å². The molecule has 3 nitrogen and oxygen atoms in total. The summed E-state index contributed by atoms with van der Waals surface area (Å²) in [6.07, 6.45) is 0.0304. The van der Waals surface area contributed by atoms with Gasteiger partial charge in [0.15, 0.2) is 11.5 Å². The van der Waals surface area contributed by atoms with Gasteiger partial charge in [-0.3, -0.25) is 0 Å². The predicted octanol–water partition coefficient (Wildman–Crippen LogP) is 3.89. The highest BCUT2D eigenvalue weighted by Gasteiger charge is 2.21. The Labute approximate surface area is 127 Å². The predicted molar refractivity (Wildman–Crippen MR) is 82.1 cm³/mol. The molecule has 1 aromatic heterocycles. The molecule has 1 N–H and O–H groups in total. The maximum Gasteiger partial charge on any atom is 0.161 e. The molecule has 3 rings (SSSR count). The Bertz CT molecular complexity index is 587. The number of benzene rings is 1. The van der Waals surface area contributed by atoms with E-state index >= 15 is 0 Å². The first-order valence-electron chi connectivity index (χ1n) is 6.59. The summed E-state index contributed by atoms with van der Waals surface area (Å²) in [5.41, 5.74) is 0. The summed E-state index contributed by atoms with van der Waals surface area (Å²) in [5, 5.41) is 3.46. The Morgan fingerprint density at radius 2 is 2.10 bits per heavy atom. The molecular formula is C15H16ClNO2S. The molecule has 0 fully saturated rings. The van der Waals surface area contributed by atoms with E-state index in [-0.39, 0.29) is 12.1 Å². The van der Waals surface area contributed by atoms with Crippen molar-refractivity contribution in [2.45, 2.75) is 19.1 Å². The first kappa shape index (κ1) is 13.7. The third-order valence-electron chi connectivity index (χ3n) is 3.24. The second kappa shape index (κ2) is 6.04. The summed E-state index contributed by atoms with van der Waals surface area (Å²) in [4.78, 5) is 1.23.